The van der Waals surface area contributed by atoms with Crippen LogP contribution in [-0.2, 0) is 0 Å². The Morgan fingerprint density at radius 3 is 2.30 bits per heavy atom. The fourth-order valence-corrected chi connectivity index (χ4v) is 5.12. The van der Waals surface area contributed by atoms with Crippen molar-refractivity contribution in [3.63, 3.8) is 0 Å². The summed E-state index contributed by atoms with van der Waals surface area (Å²) in [6.07, 6.45) is 23.0. The number of benzene rings is 2. The van der Waals surface area contributed by atoms with Crippen LogP contribution in [-0.4, -0.2) is 21.7 Å². The van der Waals surface area contributed by atoms with Gasteiger partial charge < -0.3 is 0 Å². The Labute approximate surface area is 260 Å². The normalized spacial score (nSPS) is 16.4. The molecule has 216 valence electrons. The van der Waals surface area contributed by atoms with Gasteiger partial charge in [0.2, 0.25) is 0 Å². The van der Waals surface area contributed by atoms with Crippen LogP contribution in [0, 0.1) is 5.92 Å². The molecule has 0 N–H and O–H groups in total. The summed E-state index contributed by atoms with van der Waals surface area (Å²) in [5.41, 5.74) is 8.65. The van der Waals surface area contributed by atoms with E-state index in [9.17, 15) is 0 Å². The van der Waals surface area contributed by atoms with Crippen molar-refractivity contribution >= 4 is 18.4 Å². The first-order valence-electron chi connectivity index (χ1n) is 14.8. The van der Waals surface area contributed by atoms with Crippen LogP contribution < -0.4 is 0 Å². The van der Waals surface area contributed by atoms with Gasteiger partial charge in [0.1, 0.15) is 6.04 Å². The number of fused-ring (bicyclic) bond motifs is 1. The van der Waals surface area contributed by atoms with Crippen LogP contribution in [0.5, 0.6) is 0 Å². The SMILES string of the molecule is C=C/C=C\C=C\C/C=C\C(=C/C)c1cc(-c2ccc(-c3ccc4c(n3)C(N=C)C(C=C)C=C4)cc2)nc(-c2ccccc2)n1. The summed E-state index contributed by atoms with van der Waals surface area (Å²) in [5.74, 6) is 0.775. The molecule has 2 aromatic carbocycles. The minimum atomic E-state index is -0.137. The number of aromatic nitrogens is 3. The highest BCUT2D eigenvalue weighted by molar-refractivity contribution is 5.77. The lowest BCUT2D eigenvalue weighted by Gasteiger charge is -2.23. The molecular formula is C40H36N4. The van der Waals surface area contributed by atoms with Gasteiger partial charge in [0.05, 0.1) is 22.8 Å². The van der Waals surface area contributed by atoms with E-state index in [-0.39, 0.29) is 12.0 Å². The van der Waals surface area contributed by atoms with Gasteiger partial charge in [-0.3, -0.25) is 4.99 Å². The van der Waals surface area contributed by atoms with E-state index < -0.39 is 0 Å². The summed E-state index contributed by atoms with van der Waals surface area (Å²) in [6.45, 7) is 13.5. The van der Waals surface area contributed by atoms with E-state index >= 15 is 0 Å². The predicted molar refractivity (Wildman–Crippen MR) is 187 cm³/mol. The van der Waals surface area contributed by atoms with Gasteiger partial charge in [-0.05, 0) is 43.3 Å². The van der Waals surface area contributed by atoms with Crippen molar-refractivity contribution in [2.24, 2.45) is 10.9 Å². The molecule has 5 rings (SSSR count). The Morgan fingerprint density at radius 1 is 0.818 bits per heavy atom. The molecule has 2 unspecified atom stereocenters. The van der Waals surface area contributed by atoms with Crippen molar-refractivity contribution in [2.45, 2.75) is 19.4 Å². The molecule has 1 aliphatic carbocycles. The Kier molecular flexibility index (Phi) is 9.96. The molecule has 2 atom stereocenters. The second-order valence-electron chi connectivity index (χ2n) is 10.3. The fraction of sp³-hybridized carbons (Fsp3) is 0.100. The smallest absolute Gasteiger partial charge is 0.160 e. The van der Waals surface area contributed by atoms with Gasteiger partial charge in [0.15, 0.2) is 5.82 Å². The zero-order chi connectivity index (χ0) is 30.7. The van der Waals surface area contributed by atoms with Crippen LogP contribution in [0.2, 0.25) is 0 Å². The van der Waals surface area contributed by atoms with E-state index in [2.05, 4.69) is 104 Å². The second-order valence-corrected chi connectivity index (χ2v) is 10.3. The number of hydrogen-bond acceptors (Lipinski definition) is 4. The first kappa shape index (κ1) is 30.0. The molecule has 44 heavy (non-hydrogen) atoms. The summed E-state index contributed by atoms with van der Waals surface area (Å²) in [5, 5.41) is 0. The minimum Gasteiger partial charge on any atom is -0.290 e. The maximum atomic E-state index is 5.01. The summed E-state index contributed by atoms with van der Waals surface area (Å²) in [4.78, 5) is 19.3. The first-order valence-corrected chi connectivity index (χ1v) is 14.8. The number of rotatable bonds is 11. The van der Waals surface area contributed by atoms with Crippen LogP contribution in [0.4, 0.5) is 0 Å². The maximum Gasteiger partial charge on any atom is 0.160 e. The summed E-state index contributed by atoms with van der Waals surface area (Å²) >= 11 is 0. The van der Waals surface area contributed by atoms with E-state index in [1.165, 1.54) is 0 Å². The molecule has 1 aliphatic rings. The molecule has 0 spiro atoms. The van der Waals surface area contributed by atoms with Gasteiger partial charge in [0.25, 0.3) is 0 Å². The molecule has 4 heteroatoms. The van der Waals surface area contributed by atoms with Crippen molar-refractivity contribution in [3.05, 3.63) is 164 Å². The van der Waals surface area contributed by atoms with Crippen LogP contribution in [0.3, 0.4) is 0 Å². The average Bonchev–Trinajstić information content (AvgIpc) is 3.09. The highest BCUT2D eigenvalue weighted by atomic mass is 14.9. The van der Waals surface area contributed by atoms with Crippen molar-refractivity contribution in [3.8, 4) is 33.9 Å². The van der Waals surface area contributed by atoms with Crippen molar-refractivity contribution < 1.29 is 0 Å². The molecule has 0 aliphatic heterocycles. The second kappa shape index (κ2) is 14.6. The molecule has 0 amide bonds. The molecule has 4 nitrogen and oxygen atoms in total. The van der Waals surface area contributed by atoms with E-state index in [1.54, 1.807) is 6.08 Å². The topological polar surface area (TPSA) is 51.0 Å². The fourth-order valence-electron chi connectivity index (χ4n) is 5.12. The third-order valence-corrected chi connectivity index (χ3v) is 7.47. The molecule has 0 radical (unpaired) electrons. The third-order valence-electron chi connectivity index (χ3n) is 7.47. The number of aliphatic imine (C=N–C) groups is 1. The maximum absolute atomic E-state index is 5.01. The average molecular weight is 573 g/mol. The quantitative estimate of drug-likeness (QED) is 0.102. The Bertz CT molecular complexity index is 1790. The van der Waals surface area contributed by atoms with Gasteiger partial charge in [-0.2, -0.15) is 0 Å². The lowest BCUT2D eigenvalue weighted by atomic mass is 9.88. The molecule has 2 aromatic heterocycles. The summed E-state index contributed by atoms with van der Waals surface area (Å²) < 4.78 is 0. The van der Waals surface area contributed by atoms with Crippen molar-refractivity contribution in [2.75, 3.05) is 0 Å². The van der Waals surface area contributed by atoms with E-state index in [4.69, 9.17) is 15.0 Å². The van der Waals surface area contributed by atoms with Gasteiger partial charge in [0, 0.05) is 22.6 Å². The Balaban J connectivity index is 1.47. The lowest BCUT2D eigenvalue weighted by Crippen LogP contribution is -2.13. The number of pyridine rings is 1. The van der Waals surface area contributed by atoms with Crippen molar-refractivity contribution in [1.82, 2.24) is 15.0 Å². The van der Waals surface area contributed by atoms with E-state index in [1.807, 2.05) is 61.6 Å². The van der Waals surface area contributed by atoms with Crippen LogP contribution in [0.1, 0.15) is 36.3 Å². The third kappa shape index (κ3) is 6.93. The van der Waals surface area contributed by atoms with Gasteiger partial charge in [-0.15, -0.1) is 6.58 Å². The van der Waals surface area contributed by atoms with Gasteiger partial charge in [-0.1, -0.05) is 134 Å². The Morgan fingerprint density at radius 2 is 1.59 bits per heavy atom. The number of nitrogens with zero attached hydrogens (tertiary/aromatic N) is 4. The Hall–Kier alpha value is -5.48. The lowest BCUT2D eigenvalue weighted by molar-refractivity contribution is 0.602. The number of allylic oxidation sites excluding steroid dienone is 9. The largest absolute Gasteiger partial charge is 0.290 e. The first-order chi connectivity index (χ1) is 21.6. The molecule has 4 aromatic rings. The minimum absolute atomic E-state index is 0.0868. The predicted octanol–water partition coefficient (Wildman–Crippen LogP) is 10.1. The zero-order valence-electron chi connectivity index (χ0n) is 25.1. The monoisotopic (exact) mass is 572 g/mol. The standard InChI is InChI=1S/C40H36N4/c1-5-8-9-10-11-12-14-17-29(6-2)36-28-37(44-40(43-36)34-18-15-13-16-19-34)32-23-21-31(22-24-32)35-27-26-33-25-20-30(7-3)38(41-4)39(33)42-35/h5-11,13-28,30,38H,1,3-4,12H2,2H3/b9-8-,11-10+,17-14-,29-6+. The molecule has 0 bridgehead atoms. The molecular weight excluding hydrogens is 536 g/mol. The summed E-state index contributed by atoms with van der Waals surface area (Å²) in [7, 11) is 0. The molecule has 2 heterocycles. The van der Waals surface area contributed by atoms with E-state index in [0.29, 0.717) is 5.82 Å². The molecule has 0 saturated heterocycles. The van der Waals surface area contributed by atoms with Crippen molar-refractivity contribution in [1.29, 1.82) is 0 Å². The van der Waals surface area contributed by atoms with Gasteiger partial charge in [-0.25, -0.2) is 15.0 Å². The van der Waals surface area contributed by atoms with Crippen LogP contribution in [0.25, 0.3) is 45.6 Å². The highest BCUT2D eigenvalue weighted by Gasteiger charge is 2.25. The molecule has 0 fully saturated rings. The highest BCUT2D eigenvalue weighted by Crippen LogP contribution is 2.36. The van der Waals surface area contributed by atoms with Crippen LogP contribution >= 0.6 is 0 Å². The number of hydrogen-bond donors (Lipinski definition) is 0. The van der Waals surface area contributed by atoms with Crippen LogP contribution in [0.15, 0.2) is 152 Å². The van der Waals surface area contributed by atoms with E-state index in [0.717, 1.165) is 57.0 Å². The molecule has 0 saturated carbocycles. The van der Waals surface area contributed by atoms with Gasteiger partial charge >= 0.3 is 0 Å². The summed E-state index contributed by atoms with van der Waals surface area (Å²) in [6, 6.07) is 24.6. The zero-order valence-corrected chi connectivity index (χ0v) is 25.1.